The SMILES string of the molecule is CCN(CC(=O)N1CCc2sccc2[C@@H]1COc1ccccc1C)C[C@@H](O)COCC(C)C. The summed E-state index contributed by atoms with van der Waals surface area (Å²) in [4.78, 5) is 18.7. The van der Waals surface area contributed by atoms with E-state index in [1.807, 2.05) is 47.9 Å². The molecule has 1 amide bonds. The summed E-state index contributed by atoms with van der Waals surface area (Å²) >= 11 is 1.75. The van der Waals surface area contributed by atoms with Crippen molar-refractivity contribution in [1.29, 1.82) is 0 Å². The molecule has 1 aliphatic heterocycles. The van der Waals surface area contributed by atoms with Gasteiger partial charge in [-0.3, -0.25) is 9.69 Å². The maximum atomic E-state index is 13.4. The smallest absolute Gasteiger partial charge is 0.237 e. The molecule has 1 aromatic heterocycles. The lowest BCUT2D eigenvalue weighted by Gasteiger charge is -2.37. The topological polar surface area (TPSA) is 62.2 Å². The number of aliphatic hydroxyl groups is 1. The average Bonchev–Trinajstić information content (AvgIpc) is 3.26. The van der Waals surface area contributed by atoms with E-state index in [9.17, 15) is 9.90 Å². The lowest BCUT2D eigenvalue weighted by Crippen LogP contribution is -2.48. The molecule has 182 valence electrons. The molecule has 1 aromatic carbocycles. The van der Waals surface area contributed by atoms with Crippen LogP contribution in [0.15, 0.2) is 35.7 Å². The van der Waals surface area contributed by atoms with Gasteiger partial charge in [0.1, 0.15) is 12.4 Å². The maximum Gasteiger partial charge on any atom is 0.237 e. The number of likely N-dealkylation sites (N-methyl/N-ethyl adjacent to an activating group) is 1. The molecular weight excluding hydrogens is 436 g/mol. The zero-order chi connectivity index (χ0) is 23.8. The number of benzene rings is 1. The van der Waals surface area contributed by atoms with E-state index < -0.39 is 6.10 Å². The van der Waals surface area contributed by atoms with Crippen LogP contribution in [0.2, 0.25) is 0 Å². The van der Waals surface area contributed by atoms with Gasteiger partial charge in [-0.25, -0.2) is 0 Å². The number of amides is 1. The van der Waals surface area contributed by atoms with Crippen molar-refractivity contribution in [1.82, 2.24) is 9.80 Å². The number of rotatable bonds is 12. The van der Waals surface area contributed by atoms with E-state index in [-0.39, 0.29) is 25.1 Å². The second-order valence-electron chi connectivity index (χ2n) is 9.14. The van der Waals surface area contributed by atoms with Gasteiger partial charge in [-0.05, 0) is 54.4 Å². The molecule has 0 spiro atoms. The van der Waals surface area contributed by atoms with E-state index >= 15 is 0 Å². The fraction of sp³-hybridized carbons (Fsp3) is 0.577. The monoisotopic (exact) mass is 474 g/mol. The summed E-state index contributed by atoms with van der Waals surface area (Å²) in [7, 11) is 0. The van der Waals surface area contributed by atoms with E-state index in [0.29, 0.717) is 38.8 Å². The Morgan fingerprint density at radius 2 is 2.06 bits per heavy atom. The molecule has 0 saturated heterocycles. The van der Waals surface area contributed by atoms with Gasteiger partial charge >= 0.3 is 0 Å². The van der Waals surface area contributed by atoms with E-state index in [4.69, 9.17) is 9.47 Å². The quantitative estimate of drug-likeness (QED) is 0.505. The standard InChI is InChI=1S/C26H38N2O4S/c1-5-27(14-21(29)17-31-16-19(2)3)15-26(30)28-12-10-25-22(11-13-33-25)23(28)18-32-24-9-7-6-8-20(24)4/h6-9,11,13,19,21,23,29H,5,10,12,14-18H2,1-4H3/t21-,23+/m1/s1. The van der Waals surface area contributed by atoms with Crippen LogP contribution in [0.25, 0.3) is 0 Å². The number of thiophene rings is 1. The van der Waals surface area contributed by atoms with Gasteiger partial charge in [0.05, 0.1) is 25.3 Å². The minimum atomic E-state index is -0.610. The number of hydrogen-bond donors (Lipinski definition) is 1. The summed E-state index contributed by atoms with van der Waals surface area (Å²) in [5.74, 6) is 1.36. The number of nitrogens with zero attached hydrogens (tertiary/aromatic N) is 2. The van der Waals surface area contributed by atoms with Gasteiger partial charge in [0.25, 0.3) is 0 Å². The third-order valence-corrected chi connectivity index (χ3v) is 6.94. The Bertz CT molecular complexity index is 885. The van der Waals surface area contributed by atoms with Crippen LogP contribution in [0, 0.1) is 12.8 Å². The summed E-state index contributed by atoms with van der Waals surface area (Å²) in [6.07, 6.45) is 0.263. The van der Waals surface area contributed by atoms with Crippen LogP contribution < -0.4 is 4.74 Å². The molecule has 2 aromatic rings. The summed E-state index contributed by atoms with van der Waals surface area (Å²) < 4.78 is 11.7. The summed E-state index contributed by atoms with van der Waals surface area (Å²) in [6.45, 7) is 11.6. The minimum Gasteiger partial charge on any atom is -0.491 e. The Labute approximate surface area is 202 Å². The largest absolute Gasteiger partial charge is 0.491 e. The Morgan fingerprint density at radius 3 is 2.79 bits per heavy atom. The van der Waals surface area contributed by atoms with Gasteiger partial charge in [-0.15, -0.1) is 11.3 Å². The number of hydrogen-bond acceptors (Lipinski definition) is 6. The molecule has 0 unspecified atom stereocenters. The lowest BCUT2D eigenvalue weighted by molar-refractivity contribution is -0.136. The van der Waals surface area contributed by atoms with E-state index in [0.717, 1.165) is 17.7 Å². The van der Waals surface area contributed by atoms with Crippen molar-refractivity contribution in [2.45, 2.75) is 46.3 Å². The molecule has 33 heavy (non-hydrogen) atoms. The van der Waals surface area contributed by atoms with Crippen molar-refractivity contribution in [2.75, 3.05) is 46.0 Å². The third-order valence-electron chi connectivity index (χ3n) is 5.94. The minimum absolute atomic E-state index is 0.0717. The number of aliphatic hydroxyl groups excluding tert-OH is 1. The van der Waals surface area contributed by atoms with E-state index in [2.05, 4.69) is 25.3 Å². The highest BCUT2D eigenvalue weighted by Gasteiger charge is 2.33. The zero-order valence-corrected chi connectivity index (χ0v) is 21.1. The van der Waals surface area contributed by atoms with Gasteiger partial charge in [0.15, 0.2) is 0 Å². The van der Waals surface area contributed by atoms with Crippen LogP contribution in [0.1, 0.15) is 42.8 Å². The van der Waals surface area contributed by atoms with Gasteiger partial charge in [-0.2, -0.15) is 0 Å². The summed E-state index contributed by atoms with van der Waals surface area (Å²) in [6, 6.07) is 9.99. The number of para-hydroxylation sites is 1. The number of fused-ring (bicyclic) bond motifs is 1. The second-order valence-corrected chi connectivity index (χ2v) is 10.1. The predicted octanol–water partition coefficient (Wildman–Crippen LogP) is 3.92. The predicted molar refractivity (Wildman–Crippen MR) is 133 cm³/mol. The maximum absolute atomic E-state index is 13.4. The van der Waals surface area contributed by atoms with Crippen LogP contribution >= 0.6 is 11.3 Å². The Morgan fingerprint density at radius 1 is 1.27 bits per heavy atom. The normalized spacial score (nSPS) is 16.8. The van der Waals surface area contributed by atoms with Gasteiger partial charge < -0.3 is 19.5 Å². The molecule has 6 nitrogen and oxygen atoms in total. The Hall–Kier alpha value is -1.93. The van der Waals surface area contributed by atoms with Crippen molar-refractivity contribution >= 4 is 17.2 Å². The molecule has 1 N–H and O–H groups in total. The second kappa shape index (κ2) is 12.5. The van der Waals surface area contributed by atoms with Gasteiger partial charge in [-0.1, -0.05) is 39.0 Å². The number of ether oxygens (including phenoxy) is 2. The van der Waals surface area contributed by atoms with Gasteiger partial charge in [0.2, 0.25) is 5.91 Å². The van der Waals surface area contributed by atoms with Crippen LogP contribution in [-0.2, 0) is 16.0 Å². The van der Waals surface area contributed by atoms with Crippen molar-refractivity contribution in [2.24, 2.45) is 5.92 Å². The molecule has 1 aliphatic rings. The summed E-state index contributed by atoms with van der Waals surface area (Å²) in [5.41, 5.74) is 2.28. The van der Waals surface area contributed by atoms with Crippen LogP contribution in [0.3, 0.4) is 0 Å². The van der Waals surface area contributed by atoms with Crippen LogP contribution in [0.5, 0.6) is 5.75 Å². The fourth-order valence-electron chi connectivity index (χ4n) is 4.14. The van der Waals surface area contributed by atoms with Crippen molar-refractivity contribution in [3.63, 3.8) is 0 Å². The molecule has 3 rings (SSSR count). The first-order chi connectivity index (χ1) is 15.9. The van der Waals surface area contributed by atoms with E-state index in [1.165, 1.54) is 10.4 Å². The summed E-state index contributed by atoms with van der Waals surface area (Å²) in [5, 5.41) is 12.5. The number of carbonyl (C=O) groups excluding carboxylic acids is 1. The van der Waals surface area contributed by atoms with Crippen molar-refractivity contribution in [3.05, 3.63) is 51.7 Å². The lowest BCUT2D eigenvalue weighted by atomic mass is 10.0. The third kappa shape index (κ3) is 7.27. The first-order valence-corrected chi connectivity index (χ1v) is 12.8. The highest BCUT2D eigenvalue weighted by Crippen LogP contribution is 2.34. The van der Waals surface area contributed by atoms with Crippen molar-refractivity contribution < 1.29 is 19.4 Å². The molecule has 0 aliphatic carbocycles. The highest BCUT2D eigenvalue weighted by molar-refractivity contribution is 7.10. The highest BCUT2D eigenvalue weighted by atomic mass is 32.1. The van der Waals surface area contributed by atoms with Crippen LogP contribution in [0.4, 0.5) is 0 Å². The number of carbonyl (C=O) groups is 1. The fourth-order valence-corrected chi connectivity index (χ4v) is 5.07. The zero-order valence-electron chi connectivity index (χ0n) is 20.3. The molecule has 0 saturated carbocycles. The van der Waals surface area contributed by atoms with Crippen LogP contribution in [-0.4, -0.2) is 72.9 Å². The first kappa shape index (κ1) is 25.7. The first-order valence-electron chi connectivity index (χ1n) is 11.9. The number of aryl methyl sites for hydroxylation is 1. The average molecular weight is 475 g/mol. The Kier molecular flexibility index (Phi) is 9.74. The molecular formula is C26H38N2O4S. The molecule has 2 heterocycles. The molecule has 0 fully saturated rings. The van der Waals surface area contributed by atoms with E-state index in [1.54, 1.807) is 11.3 Å². The Balaban J connectivity index is 1.63. The molecule has 7 heteroatoms. The van der Waals surface area contributed by atoms with Crippen molar-refractivity contribution in [3.8, 4) is 5.75 Å². The molecule has 0 radical (unpaired) electrons. The molecule has 0 bridgehead atoms. The van der Waals surface area contributed by atoms with Gasteiger partial charge in [0, 0.05) is 24.6 Å². The molecule has 2 atom stereocenters.